The molecule has 0 saturated carbocycles. The van der Waals surface area contributed by atoms with Gasteiger partial charge in [0.2, 0.25) is 0 Å². The summed E-state index contributed by atoms with van der Waals surface area (Å²) in [5, 5.41) is 3.47. The quantitative estimate of drug-likeness (QED) is 0.915. The van der Waals surface area contributed by atoms with Crippen LogP contribution in [0.2, 0.25) is 0 Å². The molecule has 0 aromatic heterocycles. The van der Waals surface area contributed by atoms with Gasteiger partial charge in [0, 0.05) is 19.6 Å². The third kappa shape index (κ3) is 4.06. The van der Waals surface area contributed by atoms with Gasteiger partial charge in [0.15, 0.2) is 0 Å². The fourth-order valence-corrected chi connectivity index (χ4v) is 3.69. The molecule has 1 aromatic rings. The number of fused-ring (bicyclic) bond motifs is 1. The van der Waals surface area contributed by atoms with Crippen LogP contribution in [0.4, 0.5) is 0 Å². The molecule has 1 saturated heterocycles. The highest BCUT2D eigenvalue weighted by Crippen LogP contribution is 2.19. The van der Waals surface area contributed by atoms with Crippen LogP contribution < -0.4 is 5.32 Å². The van der Waals surface area contributed by atoms with Gasteiger partial charge in [-0.05, 0) is 75.6 Å². The predicted octanol–water partition coefficient (Wildman–Crippen LogP) is 2.11. The fourth-order valence-electron chi connectivity index (χ4n) is 3.69. The molecule has 1 N–H and O–H groups in total. The molecular weight excluding hydrogens is 258 g/mol. The molecule has 2 aliphatic rings. The maximum atomic E-state index is 3.47. The van der Waals surface area contributed by atoms with Crippen molar-refractivity contribution >= 4 is 0 Å². The lowest BCUT2D eigenvalue weighted by Gasteiger charge is -2.31. The van der Waals surface area contributed by atoms with Gasteiger partial charge in [0.1, 0.15) is 0 Å². The Kier molecular flexibility index (Phi) is 4.94. The molecule has 3 heteroatoms. The van der Waals surface area contributed by atoms with Crippen molar-refractivity contribution in [3.63, 3.8) is 0 Å². The Hall–Kier alpha value is -0.900. The SMILES string of the molecule is CN1CCC(CN(C)Cc2ccc3c(c2)CNCC3)CC1. The van der Waals surface area contributed by atoms with Gasteiger partial charge in [-0.2, -0.15) is 0 Å². The molecule has 21 heavy (non-hydrogen) atoms. The Morgan fingerprint density at radius 1 is 1.24 bits per heavy atom. The number of hydrogen-bond donors (Lipinski definition) is 1. The minimum Gasteiger partial charge on any atom is -0.312 e. The first-order chi connectivity index (χ1) is 10.2. The van der Waals surface area contributed by atoms with Crippen molar-refractivity contribution < 1.29 is 0 Å². The average Bonchev–Trinajstić information content (AvgIpc) is 2.49. The Labute approximate surface area is 129 Å². The van der Waals surface area contributed by atoms with Gasteiger partial charge in [-0.1, -0.05) is 18.2 Å². The second-order valence-electron chi connectivity index (χ2n) is 6.97. The van der Waals surface area contributed by atoms with Crippen LogP contribution in [0.15, 0.2) is 18.2 Å². The summed E-state index contributed by atoms with van der Waals surface area (Å²) in [6, 6.07) is 7.08. The molecule has 3 rings (SSSR count). The molecule has 0 unspecified atom stereocenters. The molecule has 0 atom stereocenters. The van der Waals surface area contributed by atoms with Crippen LogP contribution >= 0.6 is 0 Å². The van der Waals surface area contributed by atoms with Gasteiger partial charge in [-0.15, -0.1) is 0 Å². The van der Waals surface area contributed by atoms with E-state index in [1.165, 1.54) is 55.6 Å². The van der Waals surface area contributed by atoms with Crippen molar-refractivity contribution in [2.75, 3.05) is 40.3 Å². The fraction of sp³-hybridized carbons (Fsp3) is 0.667. The van der Waals surface area contributed by atoms with Crippen LogP contribution in [-0.4, -0.2) is 50.1 Å². The second-order valence-corrected chi connectivity index (χ2v) is 6.97. The van der Waals surface area contributed by atoms with E-state index in [-0.39, 0.29) is 0 Å². The largest absolute Gasteiger partial charge is 0.312 e. The molecule has 0 amide bonds. The van der Waals surface area contributed by atoms with E-state index in [4.69, 9.17) is 0 Å². The maximum Gasteiger partial charge on any atom is 0.0230 e. The highest BCUT2D eigenvalue weighted by molar-refractivity contribution is 5.33. The van der Waals surface area contributed by atoms with E-state index in [2.05, 4.69) is 47.4 Å². The first-order valence-corrected chi connectivity index (χ1v) is 8.39. The van der Waals surface area contributed by atoms with Crippen LogP contribution in [0.25, 0.3) is 0 Å². The molecule has 116 valence electrons. The topological polar surface area (TPSA) is 18.5 Å². The van der Waals surface area contributed by atoms with Crippen LogP contribution in [-0.2, 0) is 19.5 Å². The first-order valence-electron chi connectivity index (χ1n) is 8.39. The maximum absolute atomic E-state index is 3.47. The molecule has 3 nitrogen and oxygen atoms in total. The summed E-state index contributed by atoms with van der Waals surface area (Å²) in [6.45, 7) is 7.03. The van der Waals surface area contributed by atoms with Crippen LogP contribution in [0.1, 0.15) is 29.5 Å². The van der Waals surface area contributed by atoms with Crippen molar-refractivity contribution in [3.8, 4) is 0 Å². The Morgan fingerprint density at radius 3 is 2.86 bits per heavy atom. The second kappa shape index (κ2) is 6.91. The summed E-state index contributed by atoms with van der Waals surface area (Å²) < 4.78 is 0. The third-order valence-corrected chi connectivity index (χ3v) is 5.02. The molecule has 0 bridgehead atoms. The van der Waals surface area contributed by atoms with E-state index in [1.54, 1.807) is 0 Å². The monoisotopic (exact) mass is 287 g/mol. The van der Waals surface area contributed by atoms with Crippen molar-refractivity contribution in [2.45, 2.75) is 32.4 Å². The lowest BCUT2D eigenvalue weighted by molar-refractivity contribution is 0.173. The van der Waals surface area contributed by atoms with Gasteiger partial charge >= 0.3 is 0 Å². The number of nitrogens with zero attached hydrogens (tertiary/aromatic N) is 2. The third-order valence-electron chi connectivity index (χ3n) is 5.02. The number of likely N-dealkylation sites (tertiary alicyclic amines) is 1. The van der Waals surface area contributed by atoms with Gasteiger partial charge in [-0.3, -0.25) is 0 Å². The van der Waals surface area contributed by atoms with Crippen molar-refractivity contribution in [2.24, 2.45) is 5.92 Å². The normalized spacial score (nSPS) is 20.7. The van der Waals surface area contributed by atoms with Crippen LogP contribution in [0.3, 0.4) is 0 Å². The molecule has 1 fully saturated rings. The standard InChI is InChI=1S/C18H29N3/c1-20-9-6-15(7-10-20)13-21(2)14-16-3-4-17-5-8-19-12-18(17)11-16/h3-4,11,15,19H,5-10,12-14H2,1-2H3. The lowest BCUT2D eigenvalue weighted by Crippen LogP contribution is -2.35. The summed E-state index contributed by atoms with van der Waals surface area (Å²) in [5.74, 6) is 0.880. The van der Waals surface area contributed by atoms with Gasteiger partial charge < -0.3 is 15.1 Å². The highest BCUT2D eigenvalue weighted by Gasteiger charge is 2.18. The Balaban J connectivity index is 1.53. The van der Waals surface area contributed by atoms with E-state index in [9.17, 15) is 0 Å². The zero-order valence-corrected chi connectivity index (χ0v) is 13.6. The Morgan fingerprint density at radius 2 is 2.05 bits per heavy atom. The first kappa shape index (κ1) is 15.0. The summed E-state index contributed by atoms with van der Waals surface area (Å²) in [4.78, 5) is 4.96. The summed E-state index contributed by atoms with van der Waals surface area (Å²) in [7, 11) is 4.51. The number of nitrogens with one attached hydrogen (secondary N) is 1. The number of hydrogen-bond acceptors (Lipinski definition) is 3. The minimum absolute atomic E-state index is 0.880. The molecular formula is C18H29N3. The molecule has 1 aromatic carbocycles. The Bertz CT molecular complexity index is 464. The van der Waals surface area contributed by atoms with E-state index in [0.29, 0.717) is 0 Å². The van der Waals surface area contributed by atoms with Crippen LogP contribution in [0, 0.1) is 5.92 Å². The smallest absolute Gasteiger partial charge is 0.0230 e. The molecule has 0 aliphatic carbocycles. The van der Waals surface area contributed by atoms with E-state index >= 15 is 0 Å². The minimum atomic E-state index is 0.880. The summed E-state index contributed by atoms with van der Waals surface area (Å²) in [5.41, 5.74) is 4.51. The van der Waals surface area contributed by atoms with E-state index < -0.39 is 0 Å². The van der Waals surface area contributed by atoms with Gasteiger partial charge in [0.05, 0.1) is 0 Å². The van der Waals surface area contributed by atoms with E-state index in [0.717, 1.165) is 25.6 Å². The van der Waals surface area contributed by atoms with Gasteiger partial charge in [-0.25, -0.2) is 0 Å². The average molecular weight is 287 g/mol. The van der Waals surface area contributed by atoms with E-state index in [1.807, 2.05) is 0 Å². The number of benzene rings is 1. The van der Waals surface area contributed by atoms with Crippen LogP contribution in [0.5, 0.6) is 0 Å². The van der Waals surface area contributed by atoms with Crippen molar-refractivity contribution in [1.82, 2.24) is 15.1 Å². The number of piperidine rings is 1. The van der Waals surface area contributed by atoms with Gasteiger partial charge in [0.25, 0.3) is 0 Å². The summed E-state index contributed by atoms with van der Waals surface area (Å²) in [6.07, 6.45) is 3.89. The van der Waals surface area contributed by atoms with Crippen molar-refractivity contribution in [1.29, 1.82) is 0 Å². The number of rotatable bonds is 4. The summed E-state index contributed by atoms with van der Waals surface area (Å²) >= 11 is 0. The zero-order chi connectivity index (χ0) is 14.7. The lowest BCUT2D eigenvalue weighted by atomic mass is 9.96. The molecule has 2 heterocycles. The molecule has 0 radical (unpaired) electrons. The predicted molar refractivity (Wildman–Crippen MR) is 88.4 cm³/mol. The zero-order valence-electron chi connectivity index (χ0n) is 13.6. The highest BCUT2D eigenvalue weighted by atomic mass is 15.1. The molecule has 0 spiro atoms. The van der Waals surface area contributed by atoms with Crippen molar-refractivity contribution in [3.05, 3.63) is 34.9 Å². The molecule has 2 aliphatic heterocycles.